The zero-order valence-electron chi connectivity index (χ0n) is 8.42. The topological polar surface area (TPSA) is 17.3 Å². The maximum atomic E-state index is 4.39. The van der Waals surface area contributed by atoms with E-state index in [0.717, 1.165) is 0 Å². The number of thiophene rings is 1. The van der Waals surface area contributed by atoms with Crippen LogP contribution in [-0.4, -0.2) is 9.61 Å². The van der Waals surface area contributed by atoms with Gasteiger partial charge in [0, 0.05) is 21.5 Å². The Labute approximate surface area is 95.7 Å². The molecule has 0 bridgehead atoms. The predicted octanol–water partition coefficient (Wildman–Crippen LogP) is 3.70. The van der Waals surface area contributed by atoms with Crippen LogP contribution >= 0.6 is 11.3 Å². The van der Waals surface area contributed by atoms with E-state index in [1.54, 1.807) is 11.3 Å². The Morgan fingerprint density at radius 1 is 0.875 bits per heavy atom. The minimum Gasteiger partial charge on any atom is -0.232 e. The molecule has 0 aliphatic carbocycles. The fraction of sp³-hybridized carbons (Fsp3) is 0. The van der Waals surface area contributed by atoms with Crippen LogP contribution in [0.1, 0.15) is 0 Å². The number of pyridine rings is 1. The second kappa shape index (κ2) is 2.83. The summed E-state index contributed by atoms with van der Waals surface area (Å²) in [7, 11) is 0. The average Bonchev–Trinajstić information content (AvgIpc) is 2.98. The number of fused-ring (bicyclic) bond motifs is 6. The third-order valence-electron chi connectivity index (χ3n) is 3.01. The van der Waals surface area contributed by atoms with Gasteiger partial charge < -0.3 is 0 Å². The Hall–Kier alpha value is -1.87. The summed E-state index contributed by atoms with van der Waals surface area (Å²) in [6.45, 7) is 0. The summed E-state index contributed by atoms with van der Waals surface area (Å²) in [4.78, 5) is 0. The Morgan fingerprint density at radius 2 is 1.75 bits per heavy atom. The highest BCUT2D eigenvalue weighted by atomic mass is 32.1. The van der Waals surface area contributed by atoms with E-state index in [0.29, 0.717) is 0 Å². The molecule has 4 rings (SSSR count). The van der Waals surface area contributed by atoms with Crippen LogP contribution in [-0.2, 0) is 0 Å². The van der Waals surface area contributed by atoms with Gasteiger partial charge in [-0.3, -0.25) is 0 Å². The number of benzene rings is 1. The molecule has 0 aliphatic rings. The van der Waals surface area contributed by atoms with Crippen molar-refractivity contribution < 1.29 is 0 Å². The molecule has 0 radical (unpaired) electrons. The number of hydrogen-bond donors (Lipinski definition) is 0. The fourth-order valence-corrected chi connectivity index (χ4v) is 3.10. The van der Waals surface area contributed by atoms with Crippen LogP contribution < -0.4 is 0 Å². The molecule has 3 heteroatoms. The monoisotopic (exact) mass is 224 g/mol. The van der Waals surface area contributed by atoms with Crippen molar-refractivity contribution in [3.8, 4) is 0 Å². The third-order valence-corrected chi connectivity index (χ3v) is 3.74. The van der Waals surface area contributed by atoms with Crippen molar-refractivity contribution >= 4 is 38.5 Å². The maximum Gasteiger partial charge on any atom is 0.0838 e. The number of rotatable bonds is 0. The summed E-state index contributed by atoms with van der Waals surface area (Å²) in [6, 6.07) is 10.6. The van der Waals surface area contributed by atoms with Crippen LogP contribution in [0.3, 0.4) is 0 Å². The van der Waals surface area contributed by atoms with Gasteiger partial charge in [0.05, 0.1) is 17.2 Å². The van der Waals surface area contributed by atoms with Gasteiger partial charge in [-0.25, -0.2) is 4.52 Å². The van der Waals surface area contributed by atoms with E-state index in [9.17, 15) is 0 Å². The summed E-state index contributed by atoms with van der Waals surface area (Å²) < 4.78 is 2.02. The van der Waals surface area contributed by atoms with E-state index in [1.807, 2.05) is 10.7 Å². The molecular formula is C13H8N2S. The molecule has 2 nitrogen and oxygen atoms in total. The number of hydrogen-bond acceptors (Lipinski definition) is 2. The zero-order valence-corrected chi connectivity index (χ0v) is 9.24. The van der Waals surface area contributed by atoms with Crippen LogP contribution in [0, 0.1) is 0 Å². The molecule has 0 fully saturated rings. The first-order chi connectivity index (χ1) is 7.95. The predicted molar refractivity (Wildman–Crippen MR) is 68.1 cm³/mol. The zero-order chi connectivity index (χ0) is 10.5. The van der Waals surface area contributed by atoms with E-state index >= 15 is 0 Å². The highest BCUT2D eigenvalue weighted by Gasteiger charge is 2.08. The van der Waals surface area contributed by atoms with Gasteiger partial charge in [-0.05, 0) is 11.5 Å². The van der Waals surface area contributed by atoms with E-state index in [4.69, 9.17) is 0 Å². The van der Waals surface area contributed by atoms with Gasteiger partial charge in [-0.1, -0.05) is 24.3 Å². The molecular weight excluding hydrogens is 216 g/mol. The lowest BCUT2D eigenvalue weighted by Crippen LogP contribution is -1.89. The molecule has 3 aromatic heterocycles. The van der Waals surface area contributed by atoms with E-state index < -0.39 is 0 Å². The van der Waals surface area contributed by atoms with Crippen LogP contribution in [0.25, 0.3) is 27.2 Å². The standard InChI is InChI=1S/C13H8N2S/c1-2-4-10-9(3-1)11-7-16-8-13(11)15-12(10)5-6-14-15/h1-8H. The van der Waals surface area contributed by atoms with Crippen LogP contribution in [0.2, 0.25) is 0 Å². The molecule has 0 spiro atoms. The van der Waals surface area contributed by atoms with Crippen LogP contribution in [0.15, 0.2) is 47.3 Å². The Morgan fingerprint density at radius 3 is 2.69 bits per heavy atom. The number of nitrogens with zero attached hydrogens (tertiary/aromatic N) is 2. The fourth-order valence-electron chi connectivity index (χ4n) is 2.30. The molecule has 0 saturated carbocycles. The molecule has 0 aliphatic heterocycles. The Kier molecular flexibility index (Phi) is 1.47. The lowest BCUT2D eigenvalue weighted by atomic mass is 10.1. The van der Waals surface area contributed by atoms with E-state index in [-0.39, 0.29) is 0 Å². The van der Waals surface area contributed by atoms with Crippen molar-refractivity contribution in [2.24, 2.45) is 0 Å². The minimum atomic E-state index is 1.18. The van der Waals surface area contributed by atoms with Gasteiger partial charge in [-0.2, -0.15) is 5.10 Å². The quantitative estimate of drug-likeness (QED) is 0.445. The summed E-state index contributed by atoms with van der Waals surface area (Å²) in [5.74, 6) is 0. The van der Waals surface area contributed by atoms with E-state index in [2.05, 4.69) is 46.2 Å². The molecule has 0 N–H and O–H groups in total. The first-order valence-corrected chi connectivity index (χ1v) is 6.10. The SMILES string of the molecule is c1ccc2c(c1)c1cscc1n1nccc21. The maximum absolute atomic E-state index is 4.39. The molecule has 0 unspecified atom stereocenters. The van der Waals surface area contributed by atoms with Gasteiger partial charge >= 0.3 is 0 Å². The van der Waals surface area contributed by atoms with Crippen molar-refractivity contribution in [3.63, 3.8) is 0 Å². The van der Waals surface area contributed by atoms with E-state index in [1.165, 1.54) is 27.2 Å². The van der Waals surface area contributed by atoms with Gasteiger partial charge in [0.1, 0.15) is 0 Å². The Balaban J connectivity index is 2.51. The third kappa shape index (κ3) is 0.888. The van der Waals surface area contributed by atoms with Gasteiger partial charge in [0.2, 0.25) is 0 Å². The lowest BCUT2D eigenvalue weighted by Gasteiger charge is -2.03. The molecule has 0 atom stereocenters. The van der Waals surface area contributed by atoms with Crippen molar-refractivity contribution in [1.29, 1.82) is 0 Å². The smallest absolute Gasteiger partial charge is 0.0838 e. The molecule has 76 valence electrons. The van der Waals surface area contributed by atoms with Crippen LogP contribution in [0.5, 0.6) is 0 Å². The second-order valence-corrected chi connectivity index (χ2v) is 4.59. The molecule has 16 heavy (non-hydrogen) atoms. The van der Waals surface area contributed by atoms with Crippen molar-refractivity contribution in [3.05, 3.63) is 47.3 Å². The lowest BCUT2D eigenvalue weighted by molar-refractivity contribution is 1.01. The summed E-state index contributed by atoms with van der Waals surface area (Å²) in [6.07, 6.45) is 1.86. The van der Waals surface area contributed by atoms with Gasteiger partial charge in [-0.15, -0.1) is 11.3 Å². The normalized spacial score (nSPS) is 11.8. The summed E-state index contributed by atoms with van der Waals surface area (Å²) >= 11 is 1.73. The Bertz CT molecular complexity index is 741. The first kappa shape index (κ1) is 8.30. The largest absolute Gasteiger partial charge is 0.232 e. The van der Waals surface area contributed by atoms with Gasteiger partial charge in [0.15, 0.2) is 0 Å². The van der Waals surface area contributed by atoms with Crippen molar-refractivity contribution in [2.45, 2.75) is 0 Å². The van der Waals surface area contributed by atoms with Crippen molar-refractivity contribution in [2.75, 3.05) is 0 Å². The average molecular weight is 224 g/mol. The minimum absolute atomic E-state index is 1.18. The number of aromatic nitrogens is 2. The second-order valence-electron chi connectivity index (χ2n) is 3.84. The molecule has 3 heterocycles. The molecule has 4 aromatic rings. The van der Waals surface area contributed by atoms with Crippen molar-refractivity contribution in [1.82, 2.24) is 9.61 Å². The highest BCUT2D eigenvalue weighted by molar-refractivity contribution is 7.09. The summed E-state index contributed by atoms with van der Waals surface area (Å²) in [5, 5.41) is 12.6. The molecule has 0 amide bonds. The molecule has 0 saturated heterocycles. The molecule has 1 aromatic carbocycles. The summed E-state index contributed by atoms with van der Waals surface area (Å²) in [5.41, 5.74) is 2.38. The van der Waals surface area contributed by atoms with Gasteiger partial charge in [0.25, 0.3) is 0 Å². The van der Waals surface area contributed by atoms with Crippen LogP contribution in [0.4, 0.5) is 0 Å². The first-order valence-electron chi connectivity index (χ1n) is 5.15. The highest BCUT2D eigenvalue weighted by Crippen LogP contribution is 2.30.